The fourth-order valence-electron chi connectivity index (χ4n) is 2.09. The van der Waals surface area contributed by atoms with Crippen molar-refractivity contribution in [1.29, 1.82) is 0 Å². The van der Waals surface area contributed by atoms with Crippen LogP contribution in [-0.4, -0.2) is 61.2 Å². The summed E-state index contributed by atoms with van der Waals surface area (Å²) in [5, 5.41) is 0. The third-order valence-electron chi connectivity index (χ3n) is 3.57. The molecular formula is C21H32N2O4. The maximum Gasteiger partial charge on any atom is 0.410 e. The lowest BCUT2D eigenvalue weighted by Crippen LogP contribution is -2.39. The zero-order valence-corrected chi connectivity index (χ0v) is 17.3. The highest BCUT2D eigenvalue weighted by molar-refractivity contribution is 5.87. The molecule has 0 radical (unpaired) electrons. The van der Waals surface area contributed by atoms with Crippen LogP contribution in [0.25, 0.3) is 0 Å². The molecule has 0 aliphatic heterocycles. The molecule has 0 aromatic heterocycles. The van der Waals surface area contributed by atoms with E-state index in [0.717, 1.165) is 11.3 Å². The highest BCUT2D eigenvalue weighted by atomic mass is 16.6. The van der Waals surface area contributed by atoms with Crippen molar-refractivity contribution >= 4 is 12.0 Å². The fraction of sp³-hybridized carbons (Fsp3) is 0.524. The number of aryl methyl sites for hydroxylation is 1. The Morgan fingerprint density at radius 3 is 2.26 bits per heavy atom. The van der Waals surface area contributed by atoms with Crippen LogP contribution in [-0.2, 0) is 9.53 Å². The van der Waals surface area contributed by atoms with Crippen molar-refractivity contribution < 1.29 is 19.1 Å². The summed E-state index contributed by atoms with van der Waals surface area (Å²) in [6, 6.07) is 7.77. The van der Waals surface area contributed by atoms with Gasteiger partial charge >= 0.3 is 6.09 Å². The molecule has 1 aromatic carbocycles. The summed E-state index contributed by atoms with van der Waals surface area (Å²) in [7, 11) is 3.39. The lowest BCUT2D eigenvalue weighted by atomic mass is 10.2. The topological polar surface area (TPSA) is 59.1 Å². The second kappa shape index (κ2) is 10.6. The Kier molecular flexibility index (Phi) is 8.85. The van der Waals surface area contributed by atoms with Gasteiger partial charge in [-0.2, -0.15) is 0 Å². The number of amides is 2. The second-order valence-electron chi connectivity index (χ2n) is 7.55. The van der Waals surface area contributed by atoms with E-state index in [4.69, 9.17) is 9.47 Å². The van der Waals surface area contributed by atoms with Gasteiger partial charge in [0.1, 0.15) is 18.0 Å². The van der Waals surface area contributed by atoms with Gasteiger partial charge in [-0.25, -0.2) is 4.79 Å². The van der Waals surface area contributed by atoms with Gasteiger partial charge in [-0.1, -0.05) is 23.8 Å². The number of carbonyl (C=O) groups is 2. The highest BCUT2D eigenvalue weighted by Gasteiger charge is 2.21. The third-order valence-corrected chi connectivity index (χ3v) is 3.57. The van der Waals surface area contributed by atoms with Crippen LogP contribution in [0.2, 0.25) is 0 Å². The summed E-state index contributed by atoms with van der Waals surface area (Å²) in [5.41, 5.74) is 0.598. The molecule has 0 spiro atoms. The number of benzene rings is 1. The molecule has 0 saturated heterocycles. The average Bonchev–Trinajstić information content (AvgIpc) is 2.56. The average molecular weight is 376 g/mol. The first-order chi connectivity index (χ1) is 12.6. The van der Waals surface area contributed by atoms with Crippen molar-refractivity contribution in [3.8, 4) is 5.75 Å². The number of hydrogen-bond donors (Lipinski definition) is 0. The molecule has 0 atom stereocenters. The summed E-state index contributed by atoms with van der Waals surface area (Å²) >= 11 is 0. The minimum atomic E-state index is -0.566. The van der Waals surface area contributed by atoms with Gasteiger partial charge in [0, 0.05) is 20.6 Å². The molecule has 0 unspecified atom stereocenters. The highest BCUT2D eigenvalue weighted by Crippen LogP contribution is 2.13. The van der Waals surface area contributed by atoms with Crippen molar-refractivity contribution in [2.45, 2.75) is 39.7 Å². The first-order valence-corrected chi connectivity index (χ1v) is 9.14. The Morgan fingerprint density at radius 1 is 1.07 bits per heavy atom. The van der Waals surface area contributed by atoms with Gasteiger partial charge in [0.25, 0.3) is 0 Å². The van der Waals surface area contributed by atoms with Gasteiger partial charge in [0.15, 0.2) is 0 Å². The molecule has 0 fully saturated rings. The minimum absolute atomic E-state index is 0.0819. The second-order valence-corrected chi connectivity index (χ2v) is 7.55. The zero-order valence-electron chi connectivity index (χ0n) is 17.3. The van der Waals surface area contributed by atoms with Crippen LogP contribution >= 0.6 is 0 Å². The van der Waals surface area contributed by atoms with Crippen LogP contribution in [0.3, 0.4) is 0 Å². The van der Waals surface area contributed by atoms with Crippen molar-refractivity contribution in [3.05, 3.63) is 42.0 Å². The molecule has 6 heteroatoms. The van der Waals surface area contributed by atoms with Gasteiger partial charge in [-0.15, -0.1) is 0 Å². The number of hydrogen-bond acceptors (Lipinski definition) is 4. The third kappa shape index (κ3) is 9.68. The number of ether oxygens (including phenoxy) is 2. The normalized spacial score (nSPS) is 11.3. The Morgan fingerprint density at radius 2 is 1.70 bits per heavy atom. The summed E-state index contributed by atoms with van der Waals surface area (Å²) in [6.07, 6.45) is 3.45. The molecule has 1 aromatic rings. The number of likely N-dealkylation sites (N-methyl/N-ethyl adjacent to an activating group) is 1. The molecule has 1 rings (SSSR count). The van der Waals surface area contributed by atoms with Crippen LogP contribution in [0.4, 0.5) is 4.79 Å². The van der Waals surface area contributed by atoms with Crippen molar-refractivity contribution in [2.24, 2.45) is 0 Å². The van der Waals surface area contributed by atoms with E-state index in [0.29, 0.717) is 26.1 Å². The summed E-state index contributed by atoms with van der Waals surface area (Å²) < 4.78 is 11.2. The van der Waals surface area contributed by atoms with Crippen LogP contribution in [0.5, 0.6) is 5.75 Å². The molecule has 0 bridgehead atoms. The maximum atomic E-state index is 12.4. The Hall–Kier alpha value is -2.50. The van der Waals surface area contributed by atoms with E-state index in [1.807, 2.05) is 52.0 Å². The molecule has 6 nitrogen and oxygen atoms in total. The largest absolute Gasteiger partial charge is 0.492 e. The molecule has 150 valence electrons. The zero-order chi connectivity index (χ0) is 20.4. The van der Waals surface area contributed by atoms with Gasteiger partial charge in [0.05, 0.1) is 6.54 Å². The van der Waals surface area contributed by atoms with E-state index in [9.17, 15) is 9.59 Å². The van der Waals surface area contributed by atoms with Gasteiger partial charge in [0.2, 0.25) is 5.91 Å². The number of rotatable bonds is 8. The maximum absolute atomic E-state index is 12.4. The van der Waals surface area contributed by atoms with Crippen LogP contribution in [0, 0.1) is 6.92 Å². The minimum Gasteiger partial charge on any atom is -0.492 e. The standard InChI is InChI=1S/C21H32N2O4/c1-17-10-12-18(13-11-17)26-16-15-23(20(25)27-21(2,3)4)14-8-7-9-19(24)22(5)6/h7,9-13H,8,14-16H2,1-6H3/b9-7+. The first kappa shape index (κ1) is 22.5. The SMILES string of the molecule is Cc1ccc(OCCN(CC/C=C/C(=O)N(C)C)C(=O)OC(C)(C)C)cc1. The van der Waals surface area contributed by atoms with E-state index in [2.05, 4.69) is 0 Å². The lowest BCUT2D eigenvalue weighted by molar-refractivity contribution is -0.123. The number of nitrogens with zero attached hydrogens (tertiary/aromatic N) is 2. The van der Waals surface area contributed by atoms with Crippen molar-refractivity contribution in [3.63, 3.8) is 0 Å². The van der Waals surface area contributed by atoms with Crippen molar-refractivity contribution in [1.82, 2.24) is 9.80 Å². The molecule has 2 amide bonds. The molecule has 0 aliphatic carbocycles. The predicted octanol–water partition coefficient (Wildman–Crippen LogP) is 3.65. The van der Waals surface area contributed by atoms with Crippen LogP contribution in [0.15, 0.2) is 36.4 Å². The van der Waals surface area contributed by atoms with E-state index >= 15 is 0 Å². The van der Waals surface area contributed by atoms with Crippen LogP contribution < -0.4 is 4.74 Å². The first-order valence-electron chi connectivity index (χ1n) is 9.14. The Labute approximate surface area is 162 Å². The lowest BCUT2D eigenvalue weighted by Gasteiger charge is -2.27. The summed E-state index contributed by atoms with van der Waals surface area (Å²) in [6.45, 7) is 8.73. The van der Waals surface area contributed by atoms with E-state index in [1.54, 1.807) is 25.1 Å². The van der Waals surface area contributed by atoms with Gasteiger partial charge in [-0.3, -0.25) is 4.79 Å². The van der Waals surface area contributed by atoms with E-state index < -0.39 is 5.60 Å². The smallest absolute Gasteiger partial charge is 0.410 e. The van der Waals surface area contributed by atoms with Gasteiger partial charge in [-0.05, 0) is 52.3 Å². The van der Waals surface area contributed by atoms with Crippen LogP contribution in [0.1, 0.15) is 32.8 Å². The summed E-state index contributed by atoms with van der Waals surface area (Å²) in [5.74, 6) is 0.683. The molecule has 0 saturated carbocycles. The van der Waals surface area contributed by atoms with Crippen molar-refractivity contribution in [2.75, 3.05) is 33.8 Å². The molecule has 27 heavy (non-hydrogen) atoms. The van der Waals surface area contributed by atoms with Gasteiger partial charge < -0.3 is 19.3 Å². The number of carbonyl (C=O) groups excluding carboxylic acids is 2. The monoisotopic (exact) mass is 376 g/mol. The Balaban J connectivity index is 2.60. The Bertz CT molecular complexity index is 631. The summed E-state index contributed by atoms with van der Waals surface area (Å²) in [4.78, 5) is 27.1. The predicted molar refractivity (Wildman–Crippen MR) is 107 cm³/mol. The molecular weight excluding hydrogens is 344 g/mol. The molecule has 0 N–H and O–H groups in total. The molecule has 0 heterocycles. The van der Waals surface area contributed by atoms with E-state index in [1.165, 1.54) is 11.0 Å². The molecule has 0 aliphatic rings. The quantitative estimate of drug-likeness (QED) is 0.650. The van der Waals surface area contributed by atoms with E-state index in [-0.39, 0.29) is 12.0 Å². The fourth-order valence-corrected chi connectivity index (χ4v) is 2.09.